The van der Waals surface area contributed by atoms with E-state index in [4.69, 9.17) is 9.47 Å². The summed E-state index contributed by atoms with van der Waals surface area (Å²) >= 11 is 0. The summed E-state index contributed by atoms with van der Waals surface area (Å²) in [5.74, 6) is -2.52. The minimum atomic E-state index is -0.952. The van der Waals surface area contributed by atoms with Crippen molar-refractivity contribution in [3.8, 4) is 0 Å². The minimum Gasteiger partial charge on any atom is -0.481 e. The fraction of sp³-hybridized carbons (Fsp3) is 0.914. The smallest absolute Gasteiger partial charge is 0.315 e. The molecule has 0 aromatic heterocycles. The zero-order chi connectivity index (χ0) is 32.8. The Morgan fingerprint density at radius 2 is 1.52 bits per heavy atom. The van der Waals surface area contributed by atoms with E-state index in [0.29, 0.717) is 13.0 Å². The zero-order valence-corrected chi connectivity index (χ0v) is 29.0. The van der Waals surface area contributed by atoms with Gasteiger partial charge in [-0.05, 0) is 51.4 Å². The molecular weight excluding hydrogens is 558 g/mol. The average molecular weight is 624 g/mol. The first-order chi connectivity index (χ1) is 20.8. The summed E-state index contributed by atoms with van der Waals surface area (Å²) in [4.78, 5) is 39.2. The molecule has 1 aliphatic heterocycles. The third-order valence-corrected chi connectivity index (χ3v) is 9.43. The first-order valence-corrected chi connectivity index (χ1v) is 17.6. The molecule has 0 bridgehead atoms. The standard InChI is InChI=1S/C35H65N3O6/c1-8-9-13-19-26(20-15-11-10-14-18-25(2)3)37-33(42)38-29-22-17-12-16-21-27(29)28(32(40)41)23-36-31(39)30-34(4,5)24-43-35(6,7)44-30/h25-30H,8-24H2,1-7H3,(H,36,39)(H,40,41)(H2,37,38,42). The highest BCUT2D eigenvalue weighted by molar-refractivity contribution is 5.82. The summed E-state index contributed by atoms with van der Waals surface area (Å²) in [7, 11) is 0. The fourth-order valence-electron chi connectivity index (χ4n) is 6.67. The molecule has 2 aliphatic rings. The SMILES string of the molecule is CCCCCC(CCCCCCC(C)C)NC(=O)NC1CCCCCC1C(CNC(=O)C1OC(C)(C)OCC1(C)C)C(=O)O. The Morgan fingerprint density at radius 3 is 2.16 bits per heavy atom. The molecule has 0 spiro atoms. The normalized spacial score (nSPS) is 24.6. The number of amides is 3. The van der Waals surface area contributed by atoms with Crippen molar-refractivity contribution < 1.29 is 29.0 Å². The number of unbranched alkanes of at least 4 members (excludes halogenated alkanes) is 5. The topological polar surface area (TPSA) is 126 Å². The summed E-state index contributed by atoms with van der Waals surface area (Å²) in [5.41, 5.74) is -0.551. The van der Waals surface area contributed by atoms with Gasteiger partial charge in [-0.2, -0.15) is 0 Å². The maximum absolute atomic E-state index is 13.4. The molecule has 5 unspecified atom stereocenters. The number of nitrogens with one attached hydrogen (secondary N) is 3. The molecular formula is C35H65N3O6. The lowest BCUT2D eigenvalue weighted by Crippen LogP contribution is -2.57. The predicted molar refractivity (Wildman–Crippen MR) is 175 cm³/mol. The number of aliphatic carboxylic acids is 1. The lowest BCUT2D eigenvalue weighted by molar-refractivity contribution is -0.304. The molecule has 9 nitrogen and oxygen atoms in total. The molecule has 5 atom stereocenters. The van der Waals surface area contributed by atoms with Gasteiger partial charge in [0.1, 0.15) is 6.10 Å². The number of hydrogen-bond donors (Lipinski definition) is 4. The number of urea groups is 1. The summed E-state index contributed by atoms with van der Waals surface area (Å²) in [6, 6.07) is -0.342. The molecule has 1 heterocycles. The van der Waals surface area contributed by atoms with E-state index in [1.165, 1.54) is 25.7 Å². The third-order valence-electron chi connectivity index (χ3n) is 9.43. The zero-order valence-electron chi connectivity index (χ0n) is 29.0. The number of carbonyl (C=O) groups is 3. The van der Waals surface area contributed by atoms with Crippen molar-refractivity contribution in [3.63, 3.8) is 0 Å². The summed E-state index contributed by atoms with van der Waals surface area (Å²) in [6.45, 7) is 14.5. The molecule has 4 N–H and O–H groups in total. The van der Waals surface area contributed by atoms with Crippen LogP contribution in [0.2, 0.25) is 0 Å². The monoisotopic (exact) mass is 623 g/mol. The Morgan fingerprint density at radius 1 is 0.886 bits per heavy atom. The molecule has 2 rings (SSSR count). The van der Waals surface area contributed by atoms with Crippen LogP contribution in [-0.4, -0.2) is 60.1 Å². The number of rotatable bonds is 18. The Bertz CT molecular complexity index is 877. The summed E-state index contributed by atoms with van der Waals surface area (Å²) in [5, 5.41) is 19.6. The maximum Gasteiger partial charge on any atom is 0.315 e. The quantitative estimate of drug-likeness (QED) is 0.0947. The van der Waals surface area contributed by atoms with Gasteiger partial charge in [-0.3, -0.25) is 9.59 Å². The van der Waals surface area contributed by atoms with E-state index in [0.717, 1.165) is 70.1 Å². The van der Waals surface area contributed by atoms with Crippen LogP contribution in [0.5, 0.6) is 0 Å². The molecule has 256 valence electrons. The Kier molecular flexibility index (Phi) is 16.5. The highest BCUT2D eigenvalue weighted by atomic mass is 16.7. The van der Waals surface area contributed by atoms with E-state index >= 15 is 0 Å². The third kappa shape index (κ3) is 13.6. The number of hydrogen-bond acceptors (Lipinski definition) is 5. The molecule has 2 fully saturated rings. The molecule has 1 saturated heterocycles. The van der Waals surface area contributed by atoms with Gasteiger partial charge in [-0.15, -0.1) is 0 Å². The van der Waals surface area contributed by atoms with Crippen LogP contribution in [0.25, 0.3) is 0 Å². The van der Waals surface area contributed by atoms with Crippen molar-refractivity contribution in [2.45, 2.75) is 169 Å². The number of carboxylic acids is 1. The second-order valence-electron chi connectivity index (χ2n) is 15.0. The lowest BCUT2D eigenvalue weighted by atomic mass is 9.82. The average Bonchev–Trinajstić information content (AvgIpc) is 3.17. The number of carboxylic acid groups (broad SMARTS) is 1. The van der Waals surface area contributed by atoms with Crippen molar-refractivity contribution in [2.24, 2.45) is 23.2 Å². The fourth-order valence-corrected chi connectivity index (χ4v) is 6.67. The molecule has 44 heavy (non-hydrogen) atoms. The second kappa shape index (κ2) is 18.9. The first-order valence-electron chi connectivity index (χ1n) is 17.6. The molecule has 9 heteroatoms. The molecule has 3 amide bonds. The Balaban J connectivity index is 2.02. The van der Waals surface area contributed by atoms with Crippen molar-refractivity contribution in [2.75, 3.05) is 13.2 Å². The van der Waals surface area contributed by atoms with E-state index in [-0.39, 0.29) is 36.5 Å². The highest BCUT2D eigenvalue weighted by Crippen LogP contribution is 2.35. The molecule has 1 saturated carbocycles. The van der Waals surface area contributed by atoms with Gasteiger partial charge >= 0.3 is 12.0 Å². The van der Waals surface area contributed by atoms with Gasteiger partial charge in [0.05, 0.1) is 12.5 Å². The van der Waals surface area contributed by atoms with E-state index < -0.39 is 29.2 Å². The Hall–Kier alpha value is -1.87. The second-order valence-corrected chi connectivity index (χ2v) is 15.0. The van der Waals surface area contributed by atoms with Crippen LogP contribution in [0.3, 0.4) is 0 Å². The van der Waals surface area contributed by atoms with E-state index in [2.05, 4.69) is 36.7 Å². The van der Waals surface area contributed by atoms with Gasteiger partial charge in [-0.1, -0.05) is 105 Å². The molecule has 1 aliphatic carbocycles. The van der Waals surface area contributed by atoms with Crippen LogP contribution in [0.1, 0.15) is 145 Å². The van der Waals surface area contributed by atoms with Gasteiger partial charge in [0, 0.05) is 24.0 Å². The van der Waals surface area contributed by atoms with E-state index in [1.54, 1.807) is 13.8 Å². The van der Waals surface area contributed by atoms with Crippen molar-refractivity contribution in [1.29, 1.82) is 0 Å². The van der Waals surface area contributed by atoms with Crippen LogP contribution in [0.15, 0.2) is 0 Å². The largest absolute Gasteiger partial charge is 0.481 e. The van der Waals surface area contributed by atoms with Crippen molar-refractivity contribution in [1.82, 2.24) is 16.0 Å². The van der Waals surface area contributed by atoms with Crippen LogP contribution >= 0.6 is 0 Å². The van der Waals surface area contributed by atoms with E-state index in [1.807, 2.05) is 13.8 Å². The minimum absolute atomic E-state index is 0.00763. The van der Waals surface area contributed by atoms with Gasteiger partial charge in [0.25, 0.3) is 0 Å². The van der Waals surface area contributed by atoms with Crippen molar-refractivity contribution in [3.05, 3.63) is 0 Å². The lowest BCUT2D eigenvalue weighted by Gasteiger charge is -2.44. The van der Waals surface area contributed by atoms with Crippen LogP contribution in [0.4, 0.5) is 4.79 Å². The number of ether oxygens (including phenoxy) is 2. The van der Waals surface area contributed by atoms with E-state index in [9.17, 15) is 19.5 Å². The van der Waals surface area contributed by atoms with Gasteiger partial charge in [0.15, 0.2) is 5.79 Å². The predicted octanol–water partition coefficient (Wildman–Crippen LogP) is 7.17. The first kappa shape index (κ1) is 38.3. The summed E-state index contributed by atoms with van der Waals surface area (Å²) < 4.78 is 11.7. The van der Waals surface area contributed by atoms with Crippen LogP contribution in [0, 0.1) is 23.2 Å². The van der Waals surface area contributed by atoms with Crippen LogP contribution < -0.4 is 16.0 Å². The summed E-state index contributed by atoms with van der Waals surface area (Å²) in [6.07, 6.45) is 14.9. The van der Waals surface area contributed by atoms with Crippen LogP contribution in [-0.2, 0) is 19.1 Å². The molecule has 0 aromatic rings. The Labute approximate surface area is 267 Å². The number of carbonyl (C=O) groups excluding carboxylic acids is 2. The molecule has 0 aromatic carbocycles. The molecule has 0 radical (unpaired) electrons. The van der Waals surface area contributed by atoms with Gasteiger partial charge < -0.3 is 30.5 Å². The maximum atomic E-state index is 13.4. The van der Waals surface area contributed by atoms with Crippen molar-refractivity contribution >= 4 is 17.9 Å². The van der Waals surface area contributed by atoms with Gasteiger partial charge in [-0.25, -0.2) is 4.79 Å². The highest BCUT2D eigenvalue weighted by Gasteiger charge is 2.46. The van der Waals surface area contributed by atoms with Gasteiger partial charge in [0.2, 0.25) is 5.91 Å².